The fourth-order valence-electron chi connectivity index (χ4n) is 2.14. The molecule has 0 amide bonds. The lowest BCUT2D eigenvalue weighted by Crippen LogP contribution is -2.13. The number of nitrogens with one attached hydrogen (secondary N) is 1. The maximum atomic E-state index is 12.5. The molecule has 0 fully saturated rings. The number of hydrogen-bond acceptors (Lipinski definition) is 3. The Hall–Kier alpha value is -1.92. The van der Waals surface area contributed by atoms with Crippen LogP contribution in [0.15, 0.2) is 71.6 Å². The monoisotopic (exact) mass is 427 g/mol. The van der Waals surface area contributed by atoms with Crippen LogP contribution >= 0.6 is 34.8 Å². The molecule has 3 rings (SSSR count). The summed E-state index contributed by atoms with van der Waals surface area (Å²) in [6.45, 7) is 0. The van der Waals surface area contributed by atoms with Gasteiger partial charge in [0, 0.05) is 6.07 Å². The van der Waals surface area contributed by atoms with Crippen molar-refractivity contribution in [3.05, 3.63) is 81.8 Å². The molecule has 0 saturated carbocycles. The zero-order valence-corrected chi connectivity index (χ0v) is 16.2. The minimum Gasteiger partial charge on any atom is -0.454 e. The molecular weight excluding hydrogens is 417 g/mol. The highest BCUT2D eigenvalue weighted by atomic mass is 35.5. The molecule has 0 spiro atoms. The average Bonchev–Trinajstić information content (AvgIpc) is 2.62. The van der Waals surface area contributed by atoms with Crippen LogP contribution in [0.2, 0.25) is 15.1 Å². The summed E-state index contributed by atoms with van der Waals surface area (Å²) >= 11 is 18.0. The van der Waals surface area contributed by atoms with Gasteiger partial charge in [-0.2, -0.15) is 0 Å². The van der Waals surface area contributed by atoms with E-state index in [-0.39, 0.29) is 32.1 Å². The molecule has 26 heavy (non-hydrogen) atoms. The van der Waals surface area contributed by atoms with Gasteiger partial charge >= 0.3 is 0 Å². The third-order valence-corrected chi connectivity index (χ3v) is 5.78. The molecule has 0 bridgehead atoms. The third-order valence-electron chi connectivity index (χ3n) is 3.38. The SMILES string of the molecule is O=S(=O)(Nc1ccccc1Oc1cc(Cl)c(Cl)cc1Cl)c1ccccc1. The number of rotatable bonds is 5. The minimum atomic E-state index is -3.76. The van der Waals surface area contributed by atoms with Gasteiger partial charge in [-0.15, -0.1) is 0 Å². The maximum absolute atomic E-state index is 12.5. The highest BCUT2D eigenvalue weighted by molar-refractivity contribution is 7.92. The second kappa shape index (κ2) is 7.76. The Morgan fingerprint density at radius 3 is 2.08 bits per heavy atom. The first-order valence-corrected chi connectivity index (χ1v) is 9.98. The van der Waals surface area contributed by atoms with Crippen molar-refractivity contribution >= 4 is 50.5 Å². The topological polar surface area (TPSA) is 55.4 Å². The highest BCUT2D eigenvalue weighted by Gasteiger charge is 2.17. The Balaban J connectivity index is 1.94. The largest absolute Gasteiger partial charge is 0.454 e. The average molecular weight is 429 g/mol. The molecule has 0 radical (unpaired) electrons. The smallest absolute Gasteiger partial charge is 0.262 e. The maximum Gasteiger partial charge on any atom is 0.262 e. The molecule has 4 nitrogen and oxygen atoms in total. The van der Waals surface area contributed by atoms with Crippen molar-refractivity contribution in [2.24, 2.45) is 0 Å². The van der Waals surface area contributed by atoms with Crippen LogP contribution in [0, 0.1) is 0 Å². The summed E-state index contributed by atoms with van der Waals surface area (Å²) in [7, 11) is -3.76. The van der Waals surface area contributed by atoms with Crippen molar-refractivity contribution in [3.8, 4) is 11.5 Å². The van der Waals surface area contributed by atoms with Crippen LogP contribution in [0.25, 0.3) is 0 Å². The second-order valence-electron chi connectivity index (χ2n) is 5.21. The zero-order chi connectivity index (χ0) is 18.7. The normalized spacial score (nSPS) is 11.2. The second-order valence-corrected chi connectivity index (χ2v) is 8.12. The van der Waals surface area contributed by atoms with E-state index in [1.54, 1.807) is 42.5 Å². The number of hydrogen-bond donors (Lipinski definition) is 1. The van der Waals surface area contributed by atoms with Gasteiger partial charge in [0.25, 0.3) is 10.0 Å². The van der Waals surface area contributed by atoms with E-state index in [1.807, 2.05) is 0 Å². The van der Waals surface area contributed by atoms with E-state index in [1.165, 1.54) is 24.3 Å². The van der Waals surface area contributed by atoms with Crippen LogP contribution in [-0.2, 0) is 10.0 Å². The van der Waals surface area contributed by atoms with Crippen LogP contribution in [0.1, 0.15) is 0 Å². The lowest BCUT2D eigenvalue weighted by molar-refractivity contribution is 0.485. The quantitative estimate of drug-likeness (QED) is 0.489. The molecule has 0 heterocycles. The Labute approximate surface area is 166 Å². The molecule has 8 heteroatoms. The van der Waals surface area contributed by atoms with Crippen LogP contribution in [0.4, 0.5) is 5.69 Å². The molecule has 0 atom stereocenters. The molecule has 134 valence electrons. The van der Waals surface area contributed by atoms with Crippen LogP contribution in [0.5, 0.6) is 11.5 Å². The van der Waals surface area contributed by atoms with E-state index in [0.717, 1.165) is 0 Å². The van der Waals surface area contributed by atoms with E-state index >= 15 is 0 Å². The summed E-state index contributed by atoms with van der Waals surface area (Å²) in [5.74, 6) is 0.528. The zero-order valence-electron chi connectivity index (χ0n) is 13.1. The van der Waals surface area contributed by atoms with Gasteiger partial charge < -0.3 is 4.74 Å². The predicted molar refractivity (Wildman–Crippen MR) is 105 cm³/mol. The molecule has 0 aliphatic heterocycles. The van der Waals surface area contributed by atoms with E-state index in [9.17, 15) is 8.42 Å². The first-order valence-electron chi connectivity index (χ1n) is 7.36. The standard InChI is InChI=1S/C18H12Cl3NO3S/c19-13-10-15(21)18(11-14(13)20)25-17-9-5-4-8-16(17)22-26(23,24)12-6-2-1-3-7-12/h1-11,22H. The predicted octanol–water partition coefficient (Wildman–Crippen LogP) is 6.24. The van der Waals surface area contributed by atoms with E-state index < -0.39 is 10.0 Å². The fourth-order valence-corrected chi connectivity index (χ4v) is 3.81. The highest BCUT2D eigenvalue weighted by Crippen LogP contribution is 2.38. The summed E-state index contributed by atoms with van der Waals surface area (Å²) < 4.78 is 33.4. The van der Waals surface area contributed by atoms with Crippen LogP contribution < -0.4 is 9.46 Å². The van der Waals surface area contributed by atoms with Gasteiger partial charge in [-0.25, -0.2) is 8.42 Å². The van der Waals surface area contributed by atoms with Crippen molar-refractivity contribution in [2.75, 3.05) is 4.72 Å². The number of sulfonamides is 1. The van der Waals surface area contributed by atoms with Crippen molar-refractivity contribution in [3.63, 3.8) is 0 Å². The molecule has 1 N–H and O–H groups in total. The van der Waals surface area contributed by atoms with Gasteiger partial charge in [-0.3, -0.25) is 4.72 Å². The van der Waals surface area contributed by atoms with E-state index in [2.05, 4.69) is 4.72 Å². The summed E-state index contributed by atoms with van der Waals surface area (Å²) in [5, 5.41) is 0.815. The summed E-state index contributed by atoms with van der Waals surface area (Å²) in [6.07, 6.45) is 0. The molecule has 0 aromatic heterocycles. The van der Waals surface area contributed by atoms with Gasteiger partial charge in [0.1, 0.15) is 5.75 Å². The Morgan fingerprint density at radius 1 is 0.731 bits per heavy atom. The Bertz CT molecular complexity index is 1040. The molecule has 0 aliphatic carbocycles. The van der Waals surface area contributed by atoms with E-state index in [4.69, 9.17) is 39.5 Å². The molecule has 3 aromatic rings. The van der Waals surface area contributed by atoms with Crippen LogP contribution in [-0.4, -0.2) is 8.42 Å². The van der Waals surface area contributed by atoms with Crippen molar-refractivity contribution in [2.45, 2.75) is 4.90 Å². The molecule has 0 saturated heterocycles. The molecule has 0 aliphatic rings. The lowest BCUT2D eigenvalue weighted by atomic mass is 10.3. The summed E-state index contributed by atoms with van der Waals surface area (Å²) in [4.78, 5) is 0.141. The van der Waals surface area contributed by atoms with Crippen molar-refractivity contribution < 1.29 is 13.2 Å². The minimum absolute atomic E-state index is 0.141. The fraction of sp³-hybridized carbons (Fsp3) is 0. The summed E-state index contributed by atoms with van der Waals surface area (Å²) in [5.41, 5.74) is 0.262. The molecule has 3 aromatic carbocycles. The number of anilines is 1. The number of ether oxygens (including phenoxy) is 1. The third kappa shape index (κ3) is 4.24. The number of benzene rings is 3. The molecular formula is C18H12Cl3NO3S. The number of halogens is 3. The first-order chi connectivity index (χ1) is 12.4. The molecule has 0 unspecified atom stereocenters. The van der Waals surface area contributed by atoms with Gasteiger partial charge in [0.2, 0.25) is 0 Å². The Kier molecular flexibility index (Phi) is 5.63. The van der Waals surface area contributed by atoms with Crippen molar-refractivity contribution in [1.29, 1.82) is 0 Å². The van der Waals surface area contributed by atoms with Crippen LogP contribution in [0.3, 0.4) is 0 Å². The number of para-hydroxylation sites is 2. The van der Waals surface area contributed by atoms with Gasteiger partial charge in [-0.1, -0.05) is 65.1 Å². The van der Waals surface area contributed by atoms with Crippen molar-refractivity contribution in [1.82, 2.24) is 0 Å². The lowest BCUT2D eigenvalue weighted by Gasteiger charge is -2.14. The summed E-state index contributed by atoms with van der Waals surface area (Å²) in [6, 6.07) is 17.5. The van der Waals surface area contributed by atoms with Gasteiger partial charge in [0.15, 0.2) is 5.75 Å². The first kappa shape index (κ1) is 18.9. The van der Waals surface area contributed by atoms with Gasteiger partial charge in [0.05, 0.1) is 25.7 Å². The van der Waals surface area contributed by atoms with Gasteiger partial charge in [-0.05, 0) is 30.3 Å². The van der Waals surface area contributed by atoms with E-state index in [0.29, 0.717) is 5.02 Å². The Morgan fingerprint density at radius 2 is 1.35 bits per heavy atom.